The second-order valence-electron chi connectivity index (χ2n) is 6.44. The number of carbonyl (C=O) groups is 2. The van der Waals surface area contributed by atoms with E-state index in [9.17, 15) is 9.59 Å². The maximum atomic E-state index is 12.3. The van der Waals surface area contributed by atoms with E-state index in [1.165, 1.54) is 12.7 Å². The third-order valence-corrected chi connectivity index (χ3v) is 4.26. The van der Waals surface area contributed by atoms with Crippen molar-refractivity contribution in [3.8, 4) is 5.75 Å². The fourth-order valence-electron chi connectivity index (χ4n) is 2.76. The average molecular weight is 358 g/mol. The molecule has 6 heteroatoms. The molecule has 140 valence electrons. The number of amides is 1. The largest absolute Gasteiger partial charge is 0.492 e. The van der Waals surface area contributed by atoms with E-state index < -0.39 is 5.97 Å². The summed E-state index contributed by atoms with van der Waals surface area (Å²) in [5.41, 5.74) is 3.21. The second kappa shape index (κ2) is 8.56. The van der Waals surface area contributed by atoms with Crippen LogP contribution < -0.4 is 10.1 Å². The van der Waals surface area contributed by atoms with Crippen LogP contribution in [-0.2, 0) is 4.74 Å². The normalized spacial score (nSPS) is 10.7. The SMILES string of the molecule is COC(=O)c1c(C)[nH]c(C(=O)NCCOc2ccc(C(C)C)cc2)c1C. The van der Waals surface area contributed by atoms with Gasteiger partial charge in [0.1, 0.15) is 18.1 Å². The van der Waals surface area contributed by atoms with Gasteiger partial charge in [-0.2, -0.15) is 0 Å². The Hall–Kier alpha value is -2.76. The van der Waals surface area contributed by atoms with Crippen molar-refractivity contribution >= 4 is 11.9 Å². The smallest absolute Gasteiger partial charge is 0.339 e. The summed E-state index contributed by atoms with van der Waals surface area (Å²) in [6, 6.07) is 7.94. The van der Waals surface area contributed by atoms with E-state index in [-0.39, 0.29) is 5.91 Å². The molecule has 0 aliphatic heterocycles. The molecule has 0 fully saturated rings. The highest BCUT2D eigenvalue weighted by Gasteiger charge is 2.22. The van der Waals surface area contributed by atoms with E-state index in [0.717, 1.165) is 5.75 Å². The van der Waals surface area contributed by atoms with Gasteiger partial charge in [0.15, 0.2) is 0 Å². The van der Waals surface area contributed by atoms with Crippen molar-refractivity contribution in [2.45, 2.75) is 33.6 Å². The van der Waals surface area contributed by atoms with Gasteiger partial charge in [-0.25, -0.2) is 4.79 Å². The molecule has 2 rings (SSSR count). The molecule has 0 aliphatic carbocycles. The molecule has 2 aromatic rings. The molecule has 0 unspecified atom stereocenters. The maximum Gasteiger partial charge on any atom is 0.339 e. The van der Waals surface area contributed by atoms with Gasteiger partial charge in [-0.05, 0) is 43.0 Å². The van der Waals surface area contributed by atoms with Crippen LogP contribution in [0.4, 0.5) is 0 Å². The molecule has 0 radical (unpaired) electrons. The minimum absolute atomic E-state index is 0.278. The molecular formula is C20H26N2O4. The standard InChI is InChI=1S/C20H26N2O4/c1-12(2)15-6-8-16(9-7-15)26-11-10-21-19(23)18-13(3)17(14(4)22-18)20(24)25-5/h6-9,12,22H,10-11H2,1-5H3,(H,21,23). The van der Waals surface area contributed by atoms with Gasteiger partial charge in [0, 0.05) is 5.69 Å². The molecule has 1 aromatic carbocycles. The van der Waals surface area contributed by atoms with Crippen molar-refractivity contribution in [2.24, 2.45) is 0 Å². The van der Waals surface area contributed by atoms with Gasteiger partial charge in [0.2, 0.25) is 0 Å². The van der Waals surface area contributed by atoms with Crippen LogP contribution >= 0.6 is 0 Å². The molecule has 0 spiro atoms. The summed E-state index contributed by atoms with van der Waals surface area (Å²) in [4.78, 5) is 27.1. The first-order chi connectivity index (χ1) is 12.3. The van der Waals surface area contributed by atoms with E-state index >= 15 is 0 Å². The van der Waals surface area contributed by atoms with Gasteiger partial charge in [0.05, 0.1) is 19.2 Å². The number of rotatable bonds is 7. The summed E-state index contributed by atoms with van der Waals surface area (Å²) < 4.78 is 10.4. The Morgan fingerprint density at radius 3 is 2.38 bits per heavy atom. The molecule has 1 heterocycles. The highest BCUT2D eigenvalue weighted by molar-refractivity contribution is 6.00. The zero-order chi connectivity index (χ0) is 19.3. The first-order valence-corrected chi connectivity index (χ1v) is 8.63. The van der Waals surface area contributed by atoms with Crippen molar-refractivity contribution in [1.82, 2.24) is 10.3 Å². The minimum atomic E-state index is -0.455. The molecule has 0 bridgehead atoms. The molecule has 0 aliphatic rings. The first-order valence-electron chi connectivity index (χ1n) is 8.63. The van der Waals surface area contributed by atoms with Crippen molar-refractivity contribution in [1.29, 1.82) is 0 Å². The number of aryl methyl sites for hydroxylation is 1. The molecule has 0 atom stereocenters. The minimum Gasteiger partial charge on any atom is -0.492 e. The van der Waals surface area contributed by atoms with Crippen LogP contribution in [0.15, 0.2) is 24.3 Å². The molecule has 1 amide bonds. The fraction of sp³-hybridized carbons (Fsp3) is 0.400. The number of H-pyrrole nitrogens is 1. The van der Waals surface area contributed by atoms with Gasteiger partial charge in [-0.15, -0.1) is 0 Å². The van der Waals surface area contributed by atoms with Crippen molar-refractivity contribution in [3.05, 3.63) is 52.3 Å². The van der Waals surface area contributed by atoms with Crippen LogP contribution in [0.2, 0.25) is 0 Å². The fourth-order valence-corrected chi connectivity index (χ4v) is 2.76. The summed E-state index contributed by atoms with van der Waals surface area (Å²) in [7, 11) is 1.32. The van der Waals surface area contributed by atoms with Crippen LogP contribution in [0.3, 0.4) is 0 Å². The molecule has 6 nitrogen and oxygen atoms in total. The lowest BCUT2D eigenvalue weighted by molar-refractivity contribution is 0.0599. The van der Waals surface area contributed by atoms with Crippen LogP contribution in [0.1, 0.15) is 57.4 Å². The maximum absolute atomic E-state index is 12.3. The molecule has 2 N–H and O–H groups in total. The Balaban J connectivity index is 1.88. The number of hydrogen-bond donors (Lipinski definition) is 2. The van der Waals surface area contributed by atoms with E-state index in [4.69, 9.17) is 9.47 Å². The number of nitrogens with one attached hydrogen (secondary N) is 2. The number of aromatic amines is 1. The number of benzene rings is 1. The number of esters is 1. The Morgan fingerprint density at radius 1 is 1.15 bits per heavy atom. The zero-order valence-electron chi connectivity index (χ0n) is 15.9. The molecule has 26 heavy (non-hydrogen) atoms. The summed E-state index contributed by atoms with van der Waals surface area (Å²) in [6.07, 6.45) is 0. The number of methoxy groups -OCH3 is 1. The number of hydrogen-bond acceptors (Lipinski definition) is 4. The predicted octanol–water partition coefficient (Wildman–Crippen LogP) is 3.35. The molecule has 0 saturated heterocycles. The number of ether oxygens (including phenoxy) is 2. The lowest BCUT2D eigenvalue weighted by Gasteiger charge is -2.09. The predicted molar refractivity (Wildman–Crippen MR) is 100.0 cm³/mol. The Kier molecular flexibility index (Phi) is 6.44. The number of carbonyl (C=O) groups excluding carboxylic acids is 2. The quantitative estimate of drug-likeness (QED) is 0.587. The average Bonchev–Trinajstić information content (AvgIpc) is 2.92. The molecular weight excluding hydrogens is 332 g/mol. The molecule has 1 aromatic heterocycles. The van der Waals surface area contributed by atoms with Crippen molar-refractivity contribution in [3.63, 3.8) is 0 Å². The Morgan fingerprint density at radius 2 is 1.81 bits per heavy atom. The van der Waals surface area contributed by atoms with Gasteiger partial charge in [0.25, 0.3) is 5.91 Å². The van der Waals surface area contributed by atoms with Crippen LogP contribution in [0.5, 0.6) is 5.75 Å². The summed E-state index contributed by atoms with van der Waals surface area (Å²) in [6.45, 7) is 8.45. The van der Waals surface area contributed by atoms with Gasteiger partial charge in [-0.3, -0.25) is 4.79 Å². The highest BCUT2D eigenvalue weighted by Crippen LogP contribution is 2.19. The van der Waals surface area contributed by atoms with Crippen molar-refractivity contribution in [2.75, 3.05) is 20.3 Å². The first kappa shape index (κ1) is 19.6. The number of aromatic nitrogens is 1. The van der Waals surface area contributed by atoms with Crippen molar-refractivity contribution < 1.29 is 19.1 Å². The van der Waals surface area contributed by atoms with Gasteiger partial charge in [-0.1, -0.05) is 26.0 Å². The van der Waals surface area contributed by atoms with Gasteiger partial charge < -0.3 is 19.8 Å². The van der Waals surface area contributed by atoms with Gasteiger partial charge >= 0.3 is 5.97 Å². The molecule has 0 saturated carbocycles. The third-order valence-electron chi connectivity index (χ3n) is 4.26. The highest BCUT2D eigenvalue weighted by atomic mass is 16.5. The lowest BCUT2D eigenvalue weighted by Crippen LogP contribution is -2.29. The second-order valence-corrected chi connectivity index (χ2v) is 6.44. The Bertz CT molecular complexity index is 776. The van der Waals surface area contributed by atoms with E-state index in [0.29, 0.717) is 41.6 Å². The van der Waals surface area contributed by atoms with E-state index in [1.807, 2.05) is 24.3 Å². The van der Waals surface area contributed by atoms with Crippen LogP contribution in [0, 0.1) is 13.8 Å². The third kappa shape index (κ3) is 4.45. The van der Waals surface area contributed by atoms with Crippen LogP contribution in [-0.4, -0.2) is 37.1 Å². The lowest BCUT2D eigenvalue weighted by atomic mass is 10.0. The summed E-state index contributed by atoms with van der Waals surface area (Å²) in [5, 5.41) is 2.79. The van der Waals surface area contributed by atoms with E-state index in [1.54, 1.807) is 13.8 Å². The van der Waals surface area contributed by atoms with Crippen LogP contribution in [0.25, 0.3) is 0 Å². The summed E-state index contributed by atoms with van der Waals surface area (Å²) in [5.74, 6) is 0.511. The Labute approximate surface area is 153 Å². The zero-order valence-corrected chi connectivity index (χ0v) is 15.9. The summed E-state index contributed by atoms with van der Waals surface area (Å²) >= 11 is 0. The van der Waals surface area contributed by atoms with E-state index in [2.05, 4.69) is 24.1 Å². The monoisotopic (exact) mass is 358 g/mol. The topological polar surface area (TPSA) is 80.4 Å².